The SMILES string of the molecule is C[C@]12CCC3=C4C(=CC(=O)CC4c4ccc(/C=C/CC(C(=O)O)C(=O)O)cc4)CC[C@H]3[C@@H]1CC[C@@]2(O)C(F)(F)C(F)(F)F. The lowest BCUT2D eigenvalue weighted by Gasteiger charge is -2.53. The molecule has 3 N–H and O–H groups in total. The molecular formula is C32H33F5O6. The zero-order valence-electron chi connectivity index (χ0n) is 23.5. The number of hydrogen-bond donors (Lipinski definition) is 3. The van der Waals surface area contributed by atoms with Crippen LogP contribution < -0.4 is 0 Å². The van der Waals surface area contributed by atoms with Crippen molar-refractivity contribution in [1.82, 2.24) is 0 Å². The first-order valence-electron chi connectivity index (χ1n) is 14.4. The smallest absolute Gasteiger partial charge is 0.456 e. The first-order chi connectivity index (χ1) is 20.0. The molecule has 5 atom stereocenters. The maximum Gasteiger partial charge on any atom is 0.456 e. The molecule has 4 aliphatic carbocycles. The summed E-state index contributed by atoms with van der Waals surface area (Å²) in [6.07, 6.45) is -0.562. The van der Waals surface area contributed by atoms with Crippen LogP contribution in [-0.2, 0) is 14.4 Å². The van der Waals surface area contributed by atoms with Crippen LogP contribution in [-0.4, -0.2) is 50.7 Å². The molecule has 0 aliphatic heterocycles. The van der Waals surface area contributed by atoms with Crippen LogP contribution in [0, 0.1) is 23.2 Å². The number of aliphatic hydroxyl groups is 1. The molecule has 2 saturated carbocycles. The monoisotopic (exact) mass is 608 g/mol. The van der Waals surface area contributed by atoms with Gasteiger partial charge in [0.15, 0.2) is 11.7 Å². The van der Waals surface area contributed by atoms with E-state index in [0.29, 0.717) is 18.4 Å². The number of carbonyl (C=O) groups is 3. The van der Waals surface area contributed by atoms with Crippen molar-refractivity contribution in [3.8, 4) is 0 Å². The Morgan fingerprint density at radius 2 is 1.67 bits per heavy atom. The number of halogens is 5. The Morgan fingerprint density at radius 3 is 2.28 bits per heavy atom. The zero-order chi connectivity index (χ0) is 31.5. The normalized spacial score (nSPS) is 31.1. The number of carboxylic acid groups (broad SMARTS) is 2. The van der Waals surface area contributed by atoms with Crippen molar-refractivity contribution in [3.63, 3.8) is 0 Å². The number of carboxylic acids is 2. The number of benzene rings is 1. The van der Waals surface area contributed by atoms with Gasteiger partial charge in [0, 0.05) is 17.8 Å². The van der Waals surface area contributed by atoms with E-state index in [2.05, 4.69) is 0 Å². The molecule has 11 heteroatoms. The predicted octanol–water partition coefficient (Wildman–Crippen LogP) is 6.70. The van der Waals surface area contributed by atoms with Crippen LogP contribution in [0.5, 0.6) is 0 Å². The van der Waals surface area contributed by atoms with Crippen LogP contribution in [0.2, 0.25) is 0 Å². The lowest BCUT2D eigenvalue weighted by molar-refractivity contribution is -0.362. The van der Waals surface area contributed by atoms with Gasteiger partial charge in [-0.1, -0.05) is 48.9 Å². The second-order valence-electron chi connectivity index (χ2n) is 12.5. The first-order valence-corrected chi connectivity index (χ1v) is 14.4. The highest BCUT2D eigenvalue weighted by molar-refractivity contribution is 5.94. The number of rotatable bonds is 7. The average molecular weight is 609 g/mol. The average Bonchev–Trinajstić information content (AvgIpc) is 3.21. The highest BCUT2D eigenvalue weighted by atomic mass is 19.4. The molecule has 6 nitrogen and oxygen atoms in total. The minimum Gasteiger partial charge on any atom is -0.481 e. The van der Waals surface area contributed by atoms with Crippen LogP contribution in [0.15, 0.2) is 53.1 Å². The molecule has 0 aromatic heterocycles. The second kappa shape index (κ2) is 10.7. The number of ketones is 1. The van der Waals surface area contributed by atoms with Crippen LogP contribution >= 0.6 is 0 Å². The maximum atomic E-state index is 14.8. The van der Waals surface area contributed by atoms with E-state index in [0.717, 1.165) is 22.3 Å². The fourth-order valence-electron chi connectivity index (χ4n) is 8.17. The van der Waals surface area contributed by atoms with Crippen LogP contribution in [0.4, 0.5) is 22.0 Å². The molecule has 0 radical (unpaired) electrons. The molecule has 1 aromatic rings. The first kappa shape index (κ1) is 31.1. The summed E-state index contributed by atoms with van der Waals surface area (Å²) in [5.41, 5.74) is -0.513. The molecule has 1 unspecified atom stereocenters. The molecule has 1 aromatic carbocycles. The van der Waals surface area contributed by atoms with E-state index in [1.165, 1.54) is 13.0 Å². The fourth-order valence-corrected chi connectivity index (χ4v) is 8.17. The number of alkyl halides is 5. The Hall–Kier alpha value is -3.34. The molecule has 0 bridgehead atoms. The molecule has 232 valence electrons. The molecule has 0 amide bonds. The van der Waals surface area contributed by atoms with Crippen molar-refractivity contribution in [2.24, 2.45) is 23.2 Å². The quantitative estimate of drug-likeness (QED) is 0.235. The Morgan fingerprint density at radius 1 is 1.02 bits per heavy atom. The summed E-state index contributed by atoms with van der Waals surface area (Å²) in [5.74, 6) is -10.9. The molecule has 4 aliphatic rings. The van der Waals surface area contributed by atoms with E-state index in [1.54, 1.807) is 24.3 Å². The van der Waals surface area contributed by atoms with Crippen molar-refractivity contribution in [1.29, 1.82) is 0 Å². The summed E-state index contributed by atoms with van der Waals surface area (Å²) in [5, 5.41) is 29.1. The number of carbonyl (C=O) groups excluding carboxylic acids is 1. The van der Waals surface area contributed by atoms with Gasteiger partial charge in [-0.25, -0.2) is 0 Å². The lowest BCUT2D eigenvalue weighted by atomic mass is 9.53. The van der Waals surface area contributed by atoms with Gasteiger partial charge in [-0.2, -0.15) is 22.0 Å². The van der Waals surface area contributed by atoms with Crippen molar-refractivity contribution < 1.29 is 51.7 Å². The Balaban J connectivity index is 1.44. The standard InChI is InChI=1S/C32H33F5O6/c1-29-13-11-22-21(25(29)12-14-30(29,43)31(33,34)32(35,36)37)10-9-19-15-20(38)16-24(26(19)22)18-7-5-17(6-8-18)3-2-4-23(27(39)40)28(41)42/h2-3,5-8,15,21,23-25,43H,4,9-14,16H2,1H3,(H,39,40)(H,41,42)/b3-2+/t21-,24?,25+,29+,30+/m1/s1. The highest BCUT2D eigenvalue weighted by Crippen LogP contribution is 2.68. The van der Waals surface area contributed by atoms with Gasteiger partial charge in [0.05, 0.1) is 0 Å². The van der Waals surface area contributed by atoms with E-state index in [1.807, 2.05) is 12.1 Å². The third kappa shape index (κ3) is 4.93. The zero-order valence-corrected chi connectivity index (χ0v) is 23.5. The van der Waals surface area contributed by atoms with Gasteiger partial charge in [-0.05, 0) is 85.1 Å². The predicted molar refractivity (Wildman–Crippen MR) is 145 cm³/mol. The lowest BCUT2D eigenvalue weighted by Crippen LogP contribution is -2.64. The van der Waals surface area contributed by atoms with Gasteiger partial charge in [0.2, 0.25) is 0 Å². The van der Waals surface area contributed by atoms with E-state index in [9.17, 15) is 41.4 Å². The van der Waals surface area contributed by atoms with Crippen molar-refractivity contribution >= 4 is 23.8 Å². The highest BCUT2D eigenvalue weighted by Gasteiger charge is 2.78. The van der Waals surface area contributed by atoms with Crippen molar-refractivity contribution in [3.05, 3.63) is 64.3 Å². The van der Waals surface area contributed by atoms with Gasteiger partial charge in [-0.3, -0.25) is 14.4 Å². The van der Waals surface area contributed by atoms with Gasteiger partial charge in [0.1, 0.15) is 5.60 Å². The van der Waals surface area contributed by atoms with Crippen LogP contribution in [0.1, 0.15) is 75.3 Å². The van der Waals surface area contributed by atoms with Crippen molar-refractivity contribution in [2.75, 3.05) is 0 Å². The largest absolute Gasteiger partial charge is 0.481 e. The number of allylic oxidation sites excluding steroid dienone is 5. The summed E-state index contributed by atoms with van der Waals surface area (Å²) in [7, 11) is 0. The summed E-state index contributed by atoms with van der Waals surface area (Å²) in [6.45, 7) is 1.38. The van der Waals surface area contributed by atoms with Crippen LogP contribution in [0.3, 0.4) is 0 Å². The number of hydrogen-bond acceptors (Lipinski definition) is 4. The third-order valence-corrected chi connectivity index (χ3v) is 10.4. The van der Waals surface area contributed by atoms with Gasteiger partial charge < -0.3 is 15.3 Å². The summed E-state index contributed by atoms with van der Waals surface area (Å²) >= 11 is 0. The van der Waals surface area contributed by atoms with E-state index < -0.39 is 53.3 Å². The van der Waals surface area contributed by atoms with Gasteiger partial charge in [-0.15, -0.1) is 0 Å². The minimum atomic E-state index is -5.87. The Labute approximate surface area is 245 Å². The molecule has 0 heterocycles. The van der Waals surface area contributed by atoms with Crippen molar-refractivity contribution in [2.45, 2.75) is 81.9 Å². The molecule has 43 heavy (non-hydrogen) atoms. The van der Waals surface area contributed by atoms with Gasteiger partial charge in [0.25, 0.3) is 0 Å². The summed E-state index contributed by atoms with van der Waals surface area (Å²) in [6, 6.07) is 7.19. The van der Waals surface area contributed by atoms with E-state index in [4.69, 9.17) is 10.2 Å². The fraction of sp³-hybridized carbons (Fsp3) is 0.531. The molecule has 2 fully saturated rings. The van der Waals surface area contributed by atoms with Crippen LogP contribution in [0.25, 0.3) is 6.08 Å². The molecule has 0 saturated heterocycles. The van der Waals surface area contributed by atoms with E-state index in [-0.39, 0.29) is 49.7 Å². The number of aliphatic carboxylic acids is 2. The second-order valence-corrected chi connectivity index (χ2v) is 12.5. The minimum absolute atomic E-state index is 0.0273. The van der Waals surface area contributed by atoms with Gasteiger partial charge >= 0.3 is 24.0 Å². The maximum absolute atomic E-state index is 14.8. The third-order valence-electron chi connectivity index (χ3n) is 10.4. The Kier molecular flexibility index (Phi) is 7.72. The molecular weight excluding hydrogens is 575 g/mol. The number of fused-ring (bicyclic) bond motifs is 4. The Bertz CT molecular complexity index is 1410. The summed E-state index contributed by atoms with van der Waals surface area (Å²) in [4.78, 5) is 34.9. The summed E-state index contributed by atoms with van der Waals surface area (Å²) < 4.78 is 70.0. The molecule has 5 rings (SSSR count). The van der Waals surface area contributed by atoms with E-state index >= 15 is 0 Å². The molecule has 0 spiro atoms. The topological polar surface area (TPSA) is 112 Å².